The average Bonchev–Trinajstić information content (AvgIpc) is 1.96. The third-order valence-electron chi connectivity index (χ3n) is 0.667. The lowest BCUT2D eigenvalue weighted by atomic mass is 10.4. The smallest absolute Gasteiger partial charge is 0 e. The summed E-state index contributed by atoms with van der Waals surface area (Å²) in [7, 11) is 0. The number of halogens is 2. The molecule has 1 aromatic rings. The molecule has 8 heavy (non-hydrogen) atoms. The van der Waals surface area contributed by atoms with Crippen LogP contribution >= 0.6 is 0 Å². The molecule has 1 rings (SSSR count). The van der Waals surface area contributed by atoms with Crippen molar-refractivity contribution >= 4 is 0 Å². The zero-order valence-corrected chi connectivity index (χ0v) is 4.22. The molecule has 0 bridgehead atoms. The van der Waals surface area contributed by atoms with Crippen molar-refractivity contribution in [2.75, 3.05) is 0 Å². The van der Waals surface area contributed by atoms with Crippen LogP contribution in [-0.4, -0.2) is 0 Å². The average molecular weight is 116 g/mol. The van der Waals surface area contributed by atoms with Crippen LogP contribution in [0.25, 0.3) is 0 Å². The molecule has 0 N–H and O–H groups in total. The molecule has 0 saturated heterocycles. The van der Waals surface area contributed by atoms with Crippen LogP contribution in [0.3, 0.4) is 0 Å². The van der Waals surface area contributed by atoms with Gasteiger partial charge in [0.1, 0.15) is 0 Å². The maximum Gasteiger partial charge on any atom is 0 e. The number of benzene rings is 1. The Morgan fingerprint density at radius 1 is 0.500 bits per heavy atom. The normalized spacial score (nSPS) is 6.75. The van der Waals surface area contributed by atoms with Crippen LogP contribution in [0.2, 0.25) is 0 Å². The lowest BCUT2D eigenvalue weighted by molar-refractivity contribution is 0.108. The van der Waals surface area contributed by atoms with Crippen LogP contribution in [0.5, 0.6) is 0 Å². The highest BCUT2D eigenvalue weighted by Crippen LogP contribution is 1.79. The Labute approximate surface area is 46.6 Å². The van der Waals surface area contributed by atoms with Gasteiger partial charge >= 0.3 is 0 Å². The summed E-state index contributed by atoms with van der Waals surface area (Å²) in [5.74, 6) is 0. The van der Waals surface area contributed by atoms with Gasteiger partial charge in [0.05, 0.1) is 0 Å². The molecule has 0 amide bonds. The van der Waals surface area contributed by atoms with E-state index >= 15 is 0 Å². The fourth-order valence-electron chi connectivity index (χ4n) is 0.385. The Hall–Kier alpha value is -0.920. The van der Waals surface area contributed by atoms with Crippen LogP contribution in [0.4, 0.5) is 9.15 Å². The van der Waals surface area contributed by atoms with Gasteiger partial charge in [0.25, 0.3) is 0 Å². The third-order valence-corrected chi connectivity index (χ3v) is 0.667. The van der Waals surface area contributed by atoms with E-state index in [0.717, 1.165) is 0 Å². The minimum Gasteiger partial charge on any atom is -0.0623 e. The second-order valence-corrected chi connectivity index (χ2v) is 1.15. The standard InChI is InChI=1S/C6H6.F2/c1-2-4-6-5-3-1;1-2/h1-6H;. The molecule has 0 aliphatic rings. The second-order valence-electron chi connectivity index (χ2n) is 1.15. The van der Waals surface area contributed by atoms with E-state index in [9.17, 15) is 0 Å². The molecule has 0 radical (unpaired) electrons. The summed E-state index contributed by atoms with van der Waals surface area (Å²) in [6, 6.07) is 12.0. The first-order chi connectivity index (χ1) is 4.00. The highest BCUT2D eigenvalue weighted by Gasteiger charge is 1.57. The summed E-state index contributed by atoms with van der Waals surface area (Å²) in [6.07, 6.45) is 0. The van der Waals surface area contributed by atoms with E-state index in [0.29, 0.717) is 0 Å². The minimum absolute atomic E-state index is 2.00. The first kappa shape index (κ1) is 7.08. The van der Waals surface area contributed by atoms with E-state index in [1.54, 1.807) is 0 Å². The summed E-state index contributed by atoms with van der Waals surface area (Å²) < 4.78 is 16.0. The molecule has 0 fully saturated rings. The van der Waals surface area contributed by atoms with Crippen molar-refractivity contribution in [2.45, 2.75) is 0 Å². The number of rotatable bonds is 0. The molecule has 0 aromatic heterocycles. The molecule has 0 heterocycles. The van der Waals surface area contributed by atoms with E-state index in [1.165, 1.54) is 0 Å². The maximum absolute atomic E-state index is 8.00. The van der Waals surface area contributed by atoms with Crippen molar-refractivity contribution in [3.8, 4) is 0 Å². The molecule has 44 valence electrons. The summed E-state index contributed by atoms with van der Waals surface area (Å²) in [4.78, 5) is 0. The fourth-order valence-corrected chi connectivity index (χ4v) is 0.385. The van der Waals surface area contributed by atoms with Gasteiger partial charge in [-0.05, 0) is 0 Å². The molecule has 0 aliphatic carbocycles. The molecule has 1 aromatic carbocycles. The van der Waals surface area contributed by atoms with Gasteiger partial charge in [-0.25, -0.2) is 0 Å². The van der Waals surface area contributed by atoms with Gasteiger partial charge in [-0.1, -0.05) is 36.4 Å². The predicted molar refractivity (Wildman–Crippen MR) is 28.7 cm³/mol. The topological polar surface area (TPSA) is 0 Å². The van der Waals surface area contributed by atoms with Crippen LogP contribution < -0.4 is 0 Å². The fraction of sp³-hybridized carbons (Fsp3) is 0. The molecular formula is C6H6F2. The SMILES string of the molecule is FF.c1ccccc1. The van der Waals surface area contributed by atoms with Crippen molar-refractivity contribution in [3.63, 3.8) is 0 Å². The molecule has 0 aliphatic heterocycles. The van der Waals surface area contributed by atoms with E-state index < -0.39 is 0 Å². The van der Waals surface area contributed by atoms with Gasteiger partial charge in [0.2, 0.25) is 0 Å². The Balaban J connectivity index is 0.000000222. The Bertz CT molecular complexity index is 78.5. The highest BCUT2D eigenvalue weighted by molar-refractivity contribution is 4.99. The largest absolute Gasteiger partial charge is 0.0623 e. The quantitative estimate of drug-likeness (QED) is 0.488. The minimum atomic E-state index is 2.00. The predicted octanol–water partition coefficient (Wildman–Crippen LogP) is 2.53. The lowest BCUT2D eigenvalue weighted by Gasteiger charge is -1.69. The van der Waals surface area contributed by atoms with Gasteiger partial charge in [-0.3, -0.25) is 0 Å². The maximum atomic E-state index is 8.00. The van der Waals surface area contributed by atoms with Crippen molar-refractivity contribution in [1.29, 1.82) is 0 Å². The van der Waals surface area contributed by atoms with E-state index in [1.807, 2.05) is 36.4 Å². The Morgan fingerprint density at radius 2 is 0.625 bits per heavy atom. The summed E-state index contributed by atoms with van der Waals surface area (Å²) in [5, 5.41) is 0. The lowest BCUT2D eigenvalue weighted by Crippen LogP contribution is -1.47. The number of hydrogen-bond donors (Lipinski definition) is 0. The monoisotopic (exact) mass is 116 g/mol. The van der Waals surface area contributed by atoms with Crippen LogP contribution in [0.15, 0.2) is 36.4 Å². The van der Waals surface area contributed by atoms with Crippen LogP contribution in [0, 0.1) is 0 Å². The van der Waals surface area contributed by atoms with Gasteiger partial charge in [-0.2, -0.15) is 0 Å². The van der Waals surface area contributed by atoms with Crippen molar-refractivity contribution < 1.29 is 9.15 Å². The summed E-state index contributed by atoms with van der Waals surface area (Å²) >= 11 is 0. The zero-order valence-electron chi connectivity index (χ0n) is 4.22. The first-order valence-electron chi connectivity index (χ1n) is 2.14. The van der Waals surface area contributed by atoms with Crippen LogP contribution in [-0.2, 0) is 0 Å². The summed E-state index contributed by atoms with van der Waals surface area (Å²) in [6.45, 7) is 0. The molecule has 0 nitrogen and oxygen atoms in total. The van der Waals surface area contributed by atoms with Gasteiger partial charge in [0, 0.05) is 9.15 Å². The van der Waals surface area contributed by atoms with Gasteiger partial charge in [-0.15, -0.1) is 0 Å². The molecule has 0 saturated carbocycles. The molecule has 0 unspecified atom stereocenters. The highest BCUT2D eigenvalue weighted by atomic mass is 20.0. The van der Waals surface area contributed by atoms with Crippen molar-refractivity contribution in [3.05, 3.63) is 36.4 Å². The van der Waals surface area contributed by atoms with E-state index in [2.05, 4.69) is 0 Å². The van der Waals surface area contributed by atoms with Gasteiger partial charge < -0.3 is 0 Å². The van der Waals surface area contributed by atoms with Gasteiger partial charge in [0.15, 0.2) is 0 Å². The summed E-state index contributed by atoms with van der Waals surface area (Å²) in [5.41, 5.74) is 0. The molecular weight excluding hydrogens is 110 g/mol. The third kappa shape index (κ3) is 3.28. The molecule has 0 atom stereocenters. The van der Waals surface area contributed by atoms with E-state index in [-0.39, 0.29) is 0 Å². The Morgan fingerprint density at radius 3 is 0.750 bits per heavy atom. The van der Waals surface area contributed by atoms with E-state index in [4.69, 9.17) is 9.15 Å². The zero-order chi connectivity index (χ0) is 6.24. The van der Waals surface area contributed by atoms with Crippen LogP contribution in [0.1, 0.15) is 0 Å². The molecule has 0 spiro atoms. The first-order valence-corrected chi connectivity index (χ1v) is 2.14. The van der Waals surface area contributed by atoms with Crippen molar-refractivity contribution in [2.24, 2.45) is 0 Å². The van der Waals surface area contributed by atoms with Crippen molar-refractivity contribution in [1.82, 2.24) is 0 Å². The number of hydrogen-bond acceptors (Lipinski definition) is 0. The Kier molecular flexibility index (Phi) is 5.38. The molecule has 2 heteroatoms. The second kappa shape index (κ2) is 6.08.